The minimum atomic E-state index is -0.0343. The standard InChI is InChI=1S/C22H22O3/c1-24-20-15-11-18(12-16-20)8-7-17-9-13-19(14-10-17)22(23)25-21-5-3-2-4-6-21/h2-6,9-13,15-16,23H,7-8,14H2,1H3. The zero-order valence-corrected chi connectivity index (χ0v) is 14.3. The van der Waals surface area contributed by atoms with Crippen LogP contribution in [0.2, 0.25) is 0 Å². The number of ether oxygens (including phenoxy) is 2. The topological polar surface area (TPSA) is 38.7 Å². The third-order valence-electron chi connectivity index (χ3n) is 4.18. The van der Waals surface area contributed by atoms with Gasteiger partial charge in [0.15, 0.2) is 0 Å². The maximum atomic E-state index is 10.1. The molecule has 3 rings (SSSR count). The van der Waals surface area contributed by atoms with Gasteiger partial charge < -0.3 is 14.6 Å². The maximum absolute atomic E-state index is 10.1. The van der Waals surface area contributed by atoms with Crippen LogP contribution in [0.5, 0.6) is 11.5 Å². The van der Waals surface area contributed by atoms with Gasteiger partial charge in [0.05, 0.1) is 7.11 Å². The summed E-state index contributed by atoms with van der Waals surface area (Å²) in [6.45, 7) is 0. The Kier molecular flexibility index (Phi) is 5.57. The second-order valence-corrected chi connectivity index (χ2v) is 5.91. The van der Waals surface area contributed by atoms with E-state index < -0.39 is 0 Å². The Hall–Kier alpha value is -2.94. The largest absolute Gasteiger partial charge is 0.497 e. The van der Waals surface area contributed by atoms with E-state index in [1.807, 2.05) is 54.6 Å². The van der Waals surface area contributed by atoms with Gasteiger partial charge in [-0.3, -0.25) is 0 Å². The molecule has 0 aromatic heterocycles. The highest BCUT2D eigenvalue weighted by Gasteiger charge is 2.09. The molecule has 0 aliphatic heterocycles. The van der Waals surface area contributed by atoms with E-state index in [4.69, 9.17) is 9.47 Å². The van der Waals surface area contributed by atoms with Crippen LogP contribution in [0, 0.1) is 0 Å². The Bertz CT molecular complexity index is 784. The second-order valence-electron chi connectivity index (χ2n) is 5.91. The molecule has 0 atom stereocenters. The fourth-order valence-corrected chi connectivity index (χ4v) is 2.68. The lowest BCUT2D eigenvalue weighted by atomic mass is 9.97. The van der Waals surface area contributed by atoms with Gasteiger partial charge in [-0.05, 0) is 49.1 Å². The highest BCUT2D eigenvalue weighted by atomic mass is 16.6. The van der Waals surface area contributed by atoms with Gasteiger partial charge in [-0.1, -0.05) is 54.1 Å². The van der Waals surface area contributed by atoms with Crippen molar-refractivity contribution in [3.8, 4) is 11.5 Å². The average molecular weight is 334 g/mol. The maximum Gasteiger partial charge on any atom is 0.285 e. The summed E-state index contributed by atoms with van der Waals surface area (Å²) in [7, 11) is 1.68. The number of aliphatic hydroxyl groups is 1. The molecule has 0 heterocycles. The van der Waals surface area contributed by atoms with E-state index in [9.17, 15) is 5.11 Å². The van der Waals surface area contributed by atoms with Crippen molar-refractivity contribution < 1.29 is 14.6 Å². The summed E-state index contributed by atoms with van der Waals surface area (Å²) in [5.74, 6) is 1.48. The van der Waals surface area contributed by atoms with Crippen LogP contribution in [-0.4, -0.2) is 12.2 Å². The lowest BCUT2D eigenvalue weighted by molar-refractivity contribution is 0.203. The molecule has 0 saturated carbocycles. The van der Waals surface area contributed by atoms with Crippen LogP contribution in [0.1, 0.15) is 18.4 Å². The second kappa shape index (κ2) is 8.25. The number of allylic oxidation sites excluding steroid dienone is 5. The summed E-state index contributed by atoms with van der Waals surface area (Å²) in [4.78, 5) is 0. The van der Waals surface area contributed by atoms with Crippen molar-refractivity contribution >= 4 is 0 Å². The lowest BCUT2D eigenvalue weighted by Gasteiger charge is -2.12. The number of hydrogen-bond acceptors (Lipinski definition) is 3. The van der Waals surface area contributed by atoms with E-state index in [1.165, 1.54) is 11.1 Å². The normalized spacial score (nSPS) is 15.5. The lowest BCUT2D eigenvalue weighted by Crippen LogP contribution is -2.01. The first-order chi connectivity index (χ1) is 12.2. The molecule has 2 aromatic rings. The van der Waals surface area contributed by atoms with Crippen LogP contribution in [0.15, 0.2) is 89.9 Å². The van der Waals surface area contributed by atoms with E-state index in [-0.39, 0.29) is 5.95 Å². The van der Waals surface area contributed by atoms with Crippen molar-refractivity contribution in [1.29, 1.82) is 0 Å². The average Bonchev–Trinajstić information content (AvgIpc) is 2.68. The molecule has 2 aromatic carbocycles. The first kappa shape index (κ1) is 16.9. The molecule has 3 nitrogen and oxygen atoms in total. The van der Waals surface area contributed by atoms with Gasteiger partial charge >= 0.3 is 0 Å². The summed E-state index contributed by atoms with van der Waals surface area (Å²) in [5.41, 5.74) is 3.34. The molecule has 0 amide bonds. The number of benzene rings is 2. The Balaban J connectivity index is 1.55. The molecule has 3 heteroatoms. The van der Waals surface area contributed by atoms with E-state index in [2.05, 4.69) is 18.2 Å². The highest BCUT2D eigenvalue weighted by molar-refractivity contribution is 5.37. The third kappa shape index (κ3) is 4.77. The number of para-hydroxylation sites is 1. The molecule has 0 radical (unpaired) electrons. The van der Waals surface area contributed by atoms with Crippen LogP contribution in [0.4, 0.5) is 0 Å². The van der Waals surface area contributed by atoms with Gasteiger partial charge in [0, 0.05) is 5.57 Å². The first-order valence-electron chi connectivity index (χ1n) is 8.39. The number of aliphatic hydroxyl groups excluding tert-OH is 1. The Labute approximate surface area is 148 Å². The summed E-state index contributed by atoms with van der Waals surface area (Å²) in [6.07, 6.45) is 8.74. The minimum Gasteiger partial charge on any atom is -0.497 e. The van der Waals surface area contributed by atoms with Gasteiger partial charge in [-0.15, -0.1) is 0 Å². The zero-order chi connectivity index (χ0) is 17.5. The van der Waals surface area contributed by atoms with Gasteiger partial charge in [0.1, 0.15) is 11.5 Å². The van der Waals surface area contributed by atoms with Crippen molar-refractivity contribution in [1.82, 2.24) is 0 Å². The summed E-state index contributed by atoms with van der Waals surface area (Å²) < 4.78 is 10.7. The zero-order valence-electron chi connectivity index (χ0n) is 14.3. The van der Waals surface area contributed by atoms with E-state index in [0.29, 0.717) is 12.2 Å². The number of rotatable bonds is 6. The number of hydrogen-bond donors (Lipinski definition) is 1. The highest BCUT2D eigenvalue weighted by Crippen LogP contribution is 2.23. The summed E-state index contributed by atoms with van der Waals surface area (Å²) >= 11 is 0. The van der Waals surface area contributed by atoms with E-state index in [1.54, 1.807) is 7.11 Å². The monoisotopic (exact) mass is 334 g/mol. The van der Waals surface area contributed by atoms with E-state index >= 15 is 0 Å². The molecular weight excluding hydrogens is 312 g/mol. The Morgan fingerprint density at radius 2 is 1.68 bits per heavy atom. The molecule has 128 valence electrons. The molecule has 0 unspecified atom stereocenters. The van der Waals surface area contributed by atoms with Crippen molar-refractivity contribution in [3.05, 3.63) is 95.5 Å². The molecule has 1 aliphatic rings. The van der Waals surface area contributed by atoms with Crippen molar-refractivity contribution in [3.63, 3.8) is 0 Å². The van der Waals surface area contributed by atoms with Crippen molar-refractivity contribution in [2.24, 2.45) is 0 Å². The molecule has 0 saturated heterocycles. The molecule has 0 bridgehead atoms. The van der Waals surface area contributed by atoms with Gasteiger partial charge in [0.2, 0.25) is 0 Å². The molecule has 25 heavy (non-hydrogen) atoms. The molecule has 1 aliphatic carbocycles. The molecule has 1 N–H and O–H groups in total. The molecule has 0 spiro atoms. The van der Waals surface area contributed by atoms with Crippen molar-refractivity contribution in [2.75, 3.05) is 7.11 Å². The van der Waals surface area contributed by atoms with Gasteiger partial charge in [0.25, 0.3) is 5.95 Å². The molecule has 0 fully saturated rings. The van der Waals surface area contributed by atoms with Crippen LogP contribution in [0.3, 0.4) is 0 Å². The quantitative estimate of drug-likeness (QED) is 0.723. The van der Waals surface area contributed by atoms with Crippen LogP contribution in [-0.2, 0) is 6.42 Å². The van der Waals surface area contributed by atoms with Gasteiger partial charge in [-0.25, -0.2) is 0 Å². The number of aryl methyl sites for hydroxylation is 1. The summed E-state index contributed by atoms with van der Waals surface area (Å²) in [5, 5.41) is 10.1. The smallest absolute Gasteiger partial charge is 0.285 e. The predicted octanol–water partition coefficient (Wildman–Crippen LogP) is 5.36. The first-order valence-corrected chi connectivity index (χ1v) is 8.39. The van der Waals surface area contributed by atoms with E-state index in [0.717, 1.165) is 24.2 Å². The SMILES string of the molecule is COc1ccc(CCC2=CCC(=C(O)Oc3ccccc3)C=C2)cc1. The fraction of sp³-hybridized carbons (Fsp3) is 0.182. The Morgan fingerprint density at radius 1 is 0.920 bits per heavy atom. The van der Waals surface area contributed by atoms with Crippen LogP contribution in [0.25, 0.3) is 0 Å². The molecular formula is C22H22O3. The minimum absolute atomic E-state index is 0.0343. The van der Waals surface area contributed by atoms with Crippen LogP contribution < -0.4 is 9.47 Å². The summed E-state index contributed by atoms with van der Waals surface area (Å²) in [6, 6.07) is 17.5. The number of methoxy groups -OCH3 is 1. The van der Waals surface area contributed by atoms with Gasteiger partial charge in [-0.2, -0.15) is 0 Å². The van der Waals surface area contributed by atoms with Crippen LogP contribution >= 0.6 is 0 Å². The predicted molar refractivity (Wildman–Crippen MR) is 99.9 cm³/mol. The fourth-order valence-electron chi connectivity index (χ4n) is 2.68. The Morgan fingerprint density at radius 3 is 2.32 bits per heavy atom. The third-order valence-corrected chi connectivity index (χ3v) is 4.18. The van der Waals surface area contributed by atoms with Crippen molar-refractivity contribution in [2.45, 2.75) is 19.3 Å².